The molecule has 0 spiro atoms. The van der Waals surface area contributed by atoms with Gasteiger partial charge in [-0.25, -0.2) is 14.6 Å². The molecule has 3 heterocycles. The number of nitrogens with one attached hydrogen (secondary N) is 1. The van der Waals surface area contributed by atoms with Gasteiger partial charge in [-0.1, -0.05) is 23.4 Å². The summed E-state index contributed by atoms with van der Waals surface area (Å²) in [5.74, 6) is -0.251. The summed E-state index contributed by atoms with van der Waals surface area (Å²) >= 11 is 3.19. The van der Waals surface area contributed by atoms with Crippen LogP contribution in [-0.4, -0.2) is 35.8 Å². The Kier molecular flexibility index (Phi) is 6.15. The van der Waals surface area contributed by atoms with E-state index in [1.807, 2.05) is 41.8 Å². The number of nitro groups is 1. The minimum absolute atomic E-state index is 0.00328. The van der Waals surface area contributed by atoms with Crippen molar-refractivity contribution in [2.24, 2.45) is 0 Å². The number of nitrogens with zero attached hydrogens (tertiary/aromatic N) is 6. The molecule has 0 fully saturated rings. The SMILES string of the molecule is O=C(Cn1cc(-c2ccc([N+](=O)[O-])cc2)nn1)Nc1ccc(-c2ccc3nc(-c4nccs4)sc3c2)cc1. The number of nitro benzene ring substituents is 1. The first-order valence-electron chi connectivity index (χ1n) is 11.4. The molecule has 0 bridgehead atoms. The minimum atomic E-state index is -0.461. The van der Waals surface area contributed by atoms with Crippen LogP contribution in [0, 0.1) is 10.1 Å². The van der Waals surface area contributed by atoms with Crippen LogP contribution in [0.2, 0.25) is 0 Å². The lowest BCUT2D eigenvalue weighted by Crippen LogP contribution is -2.19. The van der Waals surface area contributed by atoms with Crippen molar-refractivity contribution >= 4 is 50.2 Å². The van der Waals surface area contributed by atoms with Gasteiger partial charge in [-0.3, -0.25) is 14.9 Å². The van der Waals surface area contributed by atoms with Gasteiger partial charge < -0.3 is 5.32 Å². The van der Waals surface area contributed by atoms with Crippen LogP contribution in [0.1, 0.15) is 0 Å². The van der Waals surface area contributed by atoms with Crippen molar-refractivity contribution in [3.8, 4) is 32.4 Å². The Bertz CT molecular complexity index is 1760. The third kappa shape index (κ3) is 4.90. The highest BCUT2D eigenvalue weighted by atomic mass is 32.1. The number of benzene rings is 3. The van der Waals surface area contributed by atoms with Crippen molar-refractivity contribution in [3.63, 3.8) is 0 Å². The first kappa shape index (κ1) is 23.6. The summed E-state index contributed by atoms with van der Waals surface area (Å²) in [4.78, 5) is 32.0. The Balaban J connectivity index is 1.10. The molecule has 0 radical (unpaired) electrons. The van der Waals surface area contributed by atoms with Crippen LogP contribution < -0.4 is 5.32 Å². The molecule has 0 atom stereocenters. The van der Waals surface area contributed by atoms with Crippen molar-refractivity contribution in [1.29, 1.82) is 0 Å². The number of rotatable bonds is 7. The van der Waals surface area contributed by atoms with E-state index in [9.17, 15) is 14.9 Å². The molecule has 1 N–H and O–H groups in total. The molecule has 6 rings (SSSR count). The number of aromatic nitrogens is 5. The number of non-ortho nitro benzene ring substituents is 1. The molecular weight excluding hydrogens is 522 g/mol. The zero-order valence-corrected chi connectivity index (χ0v) is 21.1. The van der Waals surface area contributed by atoms with Gasteiger partial charge in [0.1, 0.15) is 12.2 Å². The van der Waals surface area contributed by atoms with Crippen LogP contribution in [0.3, 0.4) is 0 Å². The first-order chi connectivity index (χ1) is 18.5. The fraction of sp³-hybridized carbons (Fsp3) is 0.0385. The van der Waals surface area contributed by atoms with E-state index < -0.39 is 4.92 Å². The summed E-state index contributed by atoms with van der Waals surface area (Å²) in [7, 11) is 0. The highest BCUT2D eigenvalue weighted by Crippen LogP contribution is 2.34. The topological polar surface area (TPSA) is 129 Å². The number of carbonyl (C=O) groups is 1. The second kappa shape index (κ2) is 9.92. The average Bonchev–Trinajstić information content (AvgIpc) is 3.69. The molecule has 0 saturated carbocycles. The van der Waals surface area contributed by atoms with Gasteiger partial charge in [-0.05, 0) is 47.5 Å². The normalized spacial score (nSPS) is 11.1. The lowest BCUT2D eigenvalue weighted by Gasteiger charge is -2.07. The van der Waals surface area contributed by atoms with Crippen molar-refractivity contribution in [2.75, 3.05) is 5.32 Å². The van der Waals surface area contributed by atoms with Crippen LogP contribution in [0.5, 0.6) is 0 Å². The third-order valence-electron chi connectivity index (χ3n) is 5.72. The number of fused-ring (bicyclic) bond motifs is 1. The summed E-state index contributed by atoms with van der Waals surface area (Å²) in [5.41, 5.74) is 4.89. The molecule has 0 saturated heterocycles. The molecule has 6 aromatic rings. The number of anilines is 1. The second-order valence-corrected chi connectivity index (χ2v) is 10.2. The number of hydrogen-bond acceptors (Lipinski definition) is 9. The lowest BCUT2D eigenvalue weighted by atomic mass is 10.1. The van der Waals surface area contributed by atoms with Gasteiger partial charge in [0.05, 0.1) is 21.3 Å². The van der Waals surface area contributed by atoms with E-state index in [1.54, 1.807) is 47.2 Å². The van der Waals surface area contributed by atoms with Gasteiger partial charge in [0.2, 0.25) is 5.91 Å². The van der Waals surface area contributed by atoms with Gasteiger partial charge in [0, 0.05) is 35.0 Å². The highest BCUT2D eigenvalue weighted by molar-refractivity contribution is 7.25. The van der Waals surface area contributed by atoms with E-state index in [0.29, 0.717) is 16.9 Å². The zero-order valence-electron chi connectivity index (χ0n) is 19.5. The second-order valence-electron chi connectivity index (χ2n) is 8.27. The van der Waals surface area contributed by atoms with Crippen LogP contribution >= 0.6 is 22.7 Å². The van der Waals surface area contributed by atoms with Crippen molar-refractivity contribution in [2.45, 2.75) is 6.54 Å². The van der Waals surface area contributed by atoms with Gasteiger partial charge in [-0.15, -0.1) is 27.8 Å². The van der Waals surface area contributed by atoms with E-state index in [0.717, 1.165) is 31.4 Å². The molecule has 186 valence electrons. The highest BCUT2D eigenvalue weighted by Gasteiger charge is 2.12. The zero-order chi connectivity index (χ0) is 26.1. The maximum Gasteiger partial charge on any atom is 0.269 e. The summed E-state index contributed by atoms with van der Waals surface area (Å²) in [6, 6.07) is 19.8. The van der Waals surface area contributed by atoms with Crippen molar-refractivity contribution < 1.29 is 9.72 Å². The van der Waals surface area contributed by atoms with Gasteiger partial charge in [0.25, 0.3) is 5.69 Å². The molecule has 0 aliphatic carbocycles. The maximum absolute atomic E-state index is 12.6. The van der Waals surface area contributed by atoms with Gasteiger partial charge in [-0.2, -0.15) is 0 Å². The predicted octanol–water partition coefficient (Wildman–Crippen LogP) is 5.89. The van der Waals surface area contributed by atoms with Crippen molar-refractivity contribution in [1.82, 2.24) is 25.0 Å². The largest absolute Gasteiger partial charge is 0.324 e. The fourth-order valence-corrected chi connectivity index (χ4v) is 5.56. The summed E-state index contributed by atoms with van der Waals surface area (Å²) in [6.45, 7) is -0.0226. The van der Waals surface area contributed by atoms with Crippen LogP contribution in [-0.2, 0) is 11.3 Å². The van der Waals surface area contributed by atoms with Crippen LogP contribution in [0.15, 0.2) is 84.5 Å². The lowest BCUT2D eigenvalue weighted by molar-refractivity contribution is -0.384. The Labute approximate surface area is 223 Å². The molecule has 38 heavy (non-hydrogen) atoms. The smallest absolute Gasteiger partial charge is 0.269 e. The van der Waals surface area contributed by atoms with E-state index in [-0.39, 0.29) is 18.1 Å². The van der Waals surface area contributed by atoms with Gasteiger partial charge >= 0.3 is 0 Å². The van der Waals surface area contributed by atoms with Crippen LogP contribution in [0.25, 0.3) is 42.6 Å². The Morgan fingerprint density at radius 3 is 2.47 bits per heavy atom. The van der Waals surface area contributed by atoms with Gasteiger partial charge in [0.15, 0.2) is 10.0 Å². The monoisotopic (exact) mass is 539 g/mol. The molecule has 12 heteroatoms. The molecule has 10 nitrogen and oxygen atoms in total. The number of carbonyl (C=O) groups excluding carboxylic acids is 1. The fourth-order valence-electron chi connectivity index (χ4n) is 3.88. The van der Waals surface area contributed by atoms with E-state index >= 15 is 0 Å². The quantitative estimate of drug-likeness (QED) is 0.198. The standard InChI is InChI=1S/C26H17N7O3S2/c34-24(15-32-14-22(30-31-32)17-3-8-20(9-4-17)33(35)36)28-19-6-1-16(2-7-19)18-5-10-21-23(13-18)38-26(29-21)25-27-11-12-37-25/h1-14H,15H2,(H,28,34). The van der Waals surface area contributed by atoms with E-state index in [2.05, 4.69) is 31.7 Å². The van der Waals surface area contributed by atoms with E-state index in [1.165, 1.54) is 16.8 Å². The summed E-state index contributed by atoms with van der Waals surface area (Å²) in [5, 5.41) is 25.5. The third-order valence-corrected chi connectivity index (χ3v) is 7.66. The molecular formula is C26H17N7O3S2. The number of amides is 1. The predicted molar refractivity (Wildman–Crippen MR) is 147 cm³/mol. The Morgan fingerprint density at radius 1 is 0.974 bits per heavy atom. The average molecular weight is 540 g/mol. The van der Waals surface area contributed by atoms with Crippen LogP contribution in [0.4, 0.5) is 11.4 Å². The Morgan fingerprint density at radius 2 is 1.74 bits per heavy atom. The minimum Gasteiger partial charge on any atom is -0.324 e. The molecule has 0 aliphatic heterocycles. The molecule has 0 aliphatic rings. The summed E-state index contributed by atoms with van der Waals surface area (Å²) < 4.78 is 2.51. The molecule has 1 amide bonds. The maximum atomic E-state index is 12.6. The molecule has 3 aromatic carbocycles. The molecule has 0 unspecified atom stereocenters. The Hall–Kier alpha value is -4.81. The van der Waals surface area contributed by atoms with Crippen molar-refractivity contribution in [3.05, 3.63) is 94.6 Å². The van der Waals surface area contributed by atoms with E-state index in [4.69, 9.17) is 0 Å². The number of hydrogen-bond donors (Lipinski definition) is 1. The molecule has 3 aromatic heterocycles. The number of thiazole rings is 2. The summed E-state index contributed by atoms with van der Waals surface area (Å²) in [6.07, 6.45) is 3.41. The first-order valence-corrected chi connectivity index (χ1v) is 13.1.